The van der Waals surface area contributed by atoms with Crippen LogP contribution in [0.5, 0.6) is 0 Å². The van der Waals surface area contributed by atoms with Crippen LogP contribution in [0.3, 0.4) is 0 Å². The maximum absolute atomic E-state index is 13.6. The van der Waals surface area contributed by atoms with Crippen molar-refractivity contribution in [1.29, 1.82) is 5.26 Å². The summed E-state index contributed by atoms with van der Waals surface area (Å²) in [6.07, 6.45) is -0.0375. The number of benzene rings is 1. The predicted octanol–water partition coefficient (Wildman–Crippen LogP) is 4.04. The number of nitrogens with one attached hydrogen (secondary N) is 1. The maximum atomic E-state index is 13.6. The van der Waals surface area contributed by atoms with Gasteiger partial charge in [-0.15, -0.1) is 0 Å². The average molecular weight is 537 g/mol. The van der Waals surface area contributed by atoms with Crippen LogP contribution in [-0.4, -0.2) is 49.4 Å². The lowest BCUT2D eigenvalue weighted by atomic mass is 9.76. The fourth-order valence-corrected chi connectivity index (χ4v) is 6.04. The molecule has 5 rings (SSSR count). The molecule has 0 bridgehead atoms. The minimum absolute atomic E-state index is 0.0304. The van der Waals surface area contributed by atoms with Gasteiger partial charge in [0.2, 0.25) is 5.91 Å². The van der Waals surface area contributed by atoms with Crippen molar-refractivity contribution in [2.75, 3.05) is 24.2 Å². The molecule has 3 fully saturated rings. The van der Waals surface area contributed by atoms with Crippen molar-refractivity contribution in [3.63, 3.8) is 0 Å². The molecule has 2 saturated carbocycles. The molecule has 0 unspecified atom stereocenters. The van der Waals surface area contributed by atoms with Gasteiger partial charge >= 0.3 is 12.1 Å². The summed E-state index contributed by atoms with van der Waals surface area (Å²) in [5.74, 6) is -2.90. The Kier molecular flexibility index (Phi) is 6.25. The highest BCUT2D eigenvalue weighted by molar-refractivity contribution is 7.91. The Labute approximate surface area is 212 Å². The van der Waals surface area contributed by atoms with Crippen molar-refractivity contribution in [2.24, 2.45) is 5.92 Å². The highest BCUT2D eigenvalue weighted by atomic mass is 32.2. The van der Waals surface area contributed by atoms with E-state index in [1.54, 1.807) is 24.3 Å². The van der Waals surface area contributed by atoms with Crippen LogP contribution < -0.4 is 10.2 Å². The van der Waals surface area contributed by atoms with Crippen molar-refractivity contribution in [2.45, 2.75) is 61.4 Å². The molecule has 2 heterocycles. The van der Waals surface area contributed by atoms with Crippen molar-refractivity contribution >= 4 is 21.4 Å². The first-order valence-electron chi connectivity index (χ1n) is 12.3. The molecule has 198 valence electrons. The fourth-order valence-electron chi connectivity index (χ4n) is 5.14. The first-order valence-corrected chi connectivity index (χ1v) is 14.2. The average Bonchev–Trinajstić information content (AvgIpc) is 3.42. The number of nitrogens with zero attached hydrogens (tertiary/aromatic N) is 3. The lowest BCUT2D eigenvalue weighted by Gasteiger charge is -2.39. The summed E-state index contributed by atoms with van der Waals surface area (Å²) in [5, 5.41) is 11.7. The molecule has 0 spiro atoms. The summed E-state index contributed by atoms with van der Waals surface area (Å²) in [7, 11) is -3.13. The van der Waals surface area contributed by atoms with E-state index in [2.05, 4.69) is 16.4 Å². The lowest BCUT2D eigenvalue weighted by Crippen LogP contribution is -2.54. The Morgan fingerprint density at radius 3 is 2.41 bits per heavy atom. The number of carbonyl (C=O) groups is 1. The van der Waals surface area contributed by atoms with Gasteiger partial charge in [-0.25, -0.2) is 13.4 Å². The smallest absolute Gasteiger partial charge is 0.437 e. The molecule has 1 saturated heterocycles. The largest absolute Gasteiger partial charge is 0.468 e. The lowest BCUT2D eigenvalue weighted by molar-refractivity contribution is -0.157. The number of alkyl halides is 3. The van der Waals surface area contributed by atoms with Gasteiger partial charge in [0.25, 0.3) is 0 Å². The van der Waals surface area contributed by atoms with Gasteiger partial charge in [-0.2, -0.15) is 18.4 Å². The molecule has 1 aliphatic heterocycles. The third-order valence-corrected chi connectivity index (χ3v) is 9.13. The van der Waals surface area contributed by atoms with Crippen molar-refractivity contribution < 1.29 is 30.8 Å². The van der Waals surface area contributed by atoms with Gasteiger partial charge < -0.3 is 14.6 Å². The normalized spacial score (nSPS) is 23.7. The summed E-state index contributed by atoms with van der Waals surface area (Å²) in [4.78, 5) is 18.8. The summed E-state index contributed by atoms with van der Waals surface area (Å²) < 4.78 is 69.6. The number of nitriles is 1. The van der Waals surface area contributed by atoms with E-state index in [9.17, 15) is 31.6 Å². The van der Waals surface area contributed by atoms with E-state index < -0.39 is 44.5 Å². The Morgan fingerprint density at radius 2 is 1.84 bits per heavy atom. The number of anilines is 1. The number of aromatic nitrogens is 1. The second kappa shape index (κ2) is 9.04. The number of hydrogen-bond acceptors (Lipinski definition) is 7. The molecule has 8 nitrogen and oxygen atoms in total. The molecule has 12 heteroatoms. The molecule has 2 aliphatic carbocycles. The van der Waals surface area contributed by atoms with Crippen LogP contribution in [-0.2, 0) is 20.8 Å². The van der Waals surface area contributed by atoms with Gasteiger partial charge in [-0.1, -0.05) is 25.0 Å². The molecule has 3 aliphatic rings. The van der Waals surface area contributed by atoms with E-state index in [1.807, 2.05) is 4.90 Å². The first kappa shape index (κ1) is 25.6. The highest BCUT2D eigenvalue weighted by Crippen LogP contribution is 2.45. The van der Waals surface area contributed by atoms with Crippen LogP contribution in [0, 0.1) is 17.2 Å². The van der Waals surface area contributed by atoms with Crippen LogP contribution in [0.1, 0.15) is 56.1 Å². The van der Waals surface area contributed by atoms with E-state index in [-0.39, 0.29) is 17.4 Å². The Balaban J connectivity index is 1.44. The maximum Gasteiger partial charge on any atom is 0.468 e. The second-order valence-electron chi connectivity index (χ2n) is 10.3. The molecule has 1 N–H and O–H groups in total. The van der Waals surface area contributed by atoms with E-state index in [4.69, 9.17) is 4.42 Å². The Morgan fingerprint density at radius 1 is 1.19 bits per heavy atom. The molecule has 1 amide bonds. The van der Waals surface area contributed by atoms with Crippen LogP contribution in [0.4, 0.5) is 18.9 Å². The zero-order valence-corrected chi connectivity index (χ0v) is 21.0. The molecule has 1 aromatic heterocycles. The monoisotopic (exact) mass is 536 g/mol. The number of oxazole rings is 1. The van der Waals surface area contributed by atoms with E-state index in [1.165, 1.54) is 6.26 Å². The molecule has 1 aromatic carbocycles. The molecule has 2 aromatic rings. The van der Waals surface area contributed by atoms with Gasteiger partial charge in [0.15, 0.2) is 9.84 Å². The van der Waals surface area contributed by atoms with Gasteiger partial charge in [0.05, 0.1) is 11.3 Å². The number of rotatable bonds is 6. The van der Waals surface area contributed by atoms with Crippen LogP contribution >= 0.6 is 0 Å². The third kappa shape index (κ3) is 5.06. The predicted molar refractivity (Wildman–Crippen MR) is 128 cm³/mol. The SMILES string of the molecule is CS(=O)(=O)C1CN(c2ccc(-c3nc(C(F)(F)F)oc3[C@@H]3CCCC[C@H]3C(=O)NC3(C#N)CC3)cc2)C1. The van der Waals surface area contributed by atoms with Gasteiger partial charge in [-0.05, 0) is 37.8 Å². The van der Waals surface area contributed by atoms with E-state index in [0.29, 0.717) is 44.3 Å². The Bertz CT molecular complexity index is 1340. The zero-order chi connectivity index (χ0) is 26.6. The molecule has 0 radical (unpaired) electrons. The number of amides is 1. The zero-order valence-electron chi connectivity index (χ0n) is 20.2. The van der Waals surface area contributed by atoms with Gasteiger partial charge in [0.1, 0.15) is 17.0 Å². The molecule has 37 heavy (non-hydrogen) atoms. The molecular weight excluding hydrogens is 509 g/mol. The molecular formula is C25H27F3N4O4S. The third-order valence-electron chi connectivity index (χ3n) is 7.62. The van der Waals surface area contributed by atoms with Crippen LogP contribution in [0.25, 0.3) is 11.3 Å². The fraction of sp³-hybridized carbons (Fsp3) is 0.560. The molecule has 2 atom stereocenters. The van der Waals surface area contributed by atoms with E-state index in [0.717, 1.165) is 18.5 Å². The summed E-state index contributed by atoms with van der Waals surface area (Å²) in [6, 6.07) is 8.83. The Hall–Kier alpha value is -3.07. The highest BCUT2D eigenvalue weighted by Gasteiger charge is 2.48. The summed E-state index contributed by atoms with van der Waals surface area (Å²) in [5.41, 5.74) is 0.343. The number of halogens is 3. The number of carbonyl (C=O) groups excluding carboxylic acids is 1. The van der Waals surface area contributed by atoms with Gasteiger partial charge in [-0.3, -0.25) is 4.79 Å². The van der Waals surface area contributed by atoms with Crippen LogP contribution in [0.15, 0.2) is 28.7 Å². The van der Waals surface area contributed by atoms with Crippen molar-refractivity contribution in [1.82, 2.24) is 10.3 Å². The number of hydrogen-bond donors (Lipinski definition) is 1. The van der Waals surface area contributed by atoms with Gasteiger partial charge in [0, 0.05) is 42.4 Å². The van der Waals surface area contributed by atoms with Crippen LogP contribution in [0.2, 0.25) is 0 Å². The quantitative estimate of drug-likeness (QED) is 0.592. The summed E-state index contributed by atoms with van der Waals surface area (Å²) in [6.45, 7) is 0.712. The van der Waals surface area contributed by atoms with Crippen molar-refractivity contribution in [3.05, 3.63) is 35.9 Å². The second-order valence-corrected chi connectivity index (χ2v) is 12.6. The van der Waals surface area contributed by atoms with E-state index >= 15 is 0 Å². The first-order chi connectivity index (χ1) is 17.4. The minimum Gasteiger partial charge on any atom is -0.437 e. The number of sulfone groups is 1. The summed E-state index contributed by atoms with van der Waals surface area (Å²) >= 11 is 0. The topological polar surface area (TPSA) is 116 Å². The van der Waals surface area contributed by atoms with Crippen molar-refractivity contribution in [3.8, 4) is 17.3 Å². The standard InChI is InChI=1S/C25H27F3N4O4S/c1-37(34,35)17-12-32(13-17)16-8-6-15(7-9-16)20-21(36-23(30-20)25(26,27)28)18-4-2-3-5-19(18)22(33)31-24(14-29)10-11-24/h6-9,17-19H,2-5,10-13H2,1H3,(H,31,33)/t18-,19-/m1/s1. The minimum atomic E-state index is -4.80.